The number of nitrogens with one attached hydrogen (secondary N) is 1. The highest BCUT2D eigenvalue weighted by atomic mass is 19.1. The molecule has 3 rings (SSSR count). The molecule has 2 aromatic heterocycles. The molecule has 0 saturated heterocycles. The molecular formula is C14H10F2N4. The maximum Gasteiger partial charge on any atom is 0.164 e. The van der Waals surface area contributed by atoms with Crippen molar-refractivity contribution in [3.8, 4) is 0 Å². The molecule has 0 unspecified atom stereocenters. The summed E-state index contributed by atoms with van der Waals surface area (Å²) in [6, 6.07) is 7.32. The molecule has 6 heteroatoms. The first kappa shape index (κ1) is 12.4. The molecule has 4 nitrogen and oxygen atoms in total. The normalized spacial score (nSPS) is 10.7. The van der Waals surface area contributed by atoms with Crippen molar-refractivity contribution < 1.29 is 8.78 Å². The van der Waals surface area contributed by atoms with Crippen LogP contribution >= 0.6 is 0 Å². The summed E-state index contributed by atoms with van der Waals surface area (Å²) in [6.45, 7) is -0.000482. The minimum Gasteiger partial charge on any atom is -0.365 e. The molecule has 0 atom stereocenters. The fourth-order valence-electron chi connectivity index (χ4n) is 1.91. The highest BCUT2D eigenvalue weighted by Gasteiger charge is 2.09. The maximum absolute atomic E-state index is 13.5. The van der Waals surface area contributed by atoms with Gasteiger partial charge in [0.05, 0.1) is 5.39 Å². The molecule has 1 aromatic carbocycles. The lowest BCUT2D eigenvalue weighted by Gasteiger charge is -2.09. The van der Waals surface area contributed by atoms with Crippen LogP contribution in [-0.2, 0) is 6.54 Å². The van der Waals surface area contributed by atoms with Gasteiger partial charge < -0.3 is 5.32 Å². The number of nitrogens with zero attached hydrogens (tertiary/aromatic N) is 3. The third-order valence-corrected chi connectivity index (χ3v) is 2.90. The third kappa shape index (κ3) is 2.27. The topological polar surface area (TPSA) is 50.7 Å². The second kappa shape index (κ2) is 5.16. The van der Waals surface area contributed by atoms with Crippen molar-refractivity contribution >= 4 is 16.9 Å². The van der Waals surface area contributed by atoms with Gasteiger partial charge in [-0.05, 0) is 24.3 Å². The average Bonchev–Trinajstić information content (AvgIpc) is 2.47. The van der Waals surface area contributed by atoms with Gasteiger partial charge in [0.2, 0.25) is 0 Å². The Balaban J connectivity index is 1.91. The fourth-order valence-corrected chi connectivity index (χ4v) is 1.91. The van der Waals surface area contributed by atoms with Crippen LogP contribution < -0.4 is 5.32 Å². The van der Waals surface area contributed by atoms with Gasteiger partial charge in [0, 0.05) is 18.3 Å². The molecule has 0 spiro atoms. The van der Waals surface area contributed by atoms with Gasteiger partial charge in [-0.25, -0.2) is 23.7 Å². The Hall–Kier alpha value is -2.63. The first-order chi connectivity index (χ1) is 9.75. The zero-order valence-corrected chi connectivity index (χ0v) is 10.3. The smallest absolute Gasteiger partial charge is 0.164 e. The van der Waals surface area contributed by atoms with Crippen LogP contribution in [0.4, 0.5) is 14.6 Å². The molecule has 20 heavy (non-hydrogen) atoms. The van der Waals surface area contributed by atoms with Crippen LogP contribution in [0.5, 0.6) is 0 Å². The number of hydrogen-bond acceptors (Lipinski definition) is 4. The SMILES string of the molecule is Fc1cccc(F)c1CNc1ncnc2ncccc12. The van der Waals surface area contributed by atoms with E-state index in [-0.39, 0.29) is 12.1 Å². The maximum atomic E-state index is 13.5. The van der Waals surface area contributed by atoms with Crippen molar-refractivity contribution in [1.82, 2.24) is 15.0 Å². The van der Waals surface area contributed by atoms with Gasteiger partial charge in [-0.2, -0.15) is 0 Å². The molecule has 0 saturated carbocycles. The van der Waals surface area contributed by atoms with Crippen molar-refractivity contribution in [2.24, 2.45) is 0 Å². The monoisotopic (exact) mass is 272 g/mol. The van der Waals surface area contributed by atoms with E-state index in [0.29, 0.717) is 16.9 Å². The van der Waals surface area contributed by atoms with Crippen LogP contribution in [0.3, 0.4) is 0 Å². The van der Waals surface area contributed by atoms with E-state index in [0.717, 1.165) is 0 Å². The predicted octanol–water partition coefficient (Wildman–Crippen LogP) is 2.92. The lowest BCUT2D eigenvalue weighted by molar-refractivity contribution is 0.560. The minimum atomic E-state index is -0.589. The summed E-state index contributed by atoms with van der Waals surface area (Å²) in [4.78, 5) is 12.2. The van der Waals surface area contributed by atoms with Crippen molar-refractivity contribution in [1.29, 1.82) is 0 Å². The molecule has 0 amide bonds. The number of benzene rings is 1. The highest BCUT2D eigenvalue weighted by molar-refractivity contribution is 5.85. The predicted molar refractivity (Wildman–Crippen MR) is 71.0 cm³/mol. The second-order valence-corrected chi connectivity index (χ2v) is 4.15. The van der Waals surface area contributed by atoms with Crippen molar-refractivity contribution in [3.05, 3.63) is 60.1 Å². The van der Waals surface area contributed by atoms with Gasteiger partial charge in [0.25, 0.3) is 0 Å². The quantitative estimate of drug-likeness (QED) is 0.796. The summed E-state index contributed by atoms with van der Waals surface area (Å²) in [5.74, 6) is -0.686. The number of fused-ring (bicyclic) bond motifs is 1. The number of rotatable bonds is 3. The Morgan fingerprint density at radius 2 is 1.75 bits per heavy atom. The Morgan fingerprint density at radius 3 is 2.55 bits per heavy atom. The molecule has 100 valence electrons. The van der Waals surface area contributed by atoms with E-state index in [2.05, 4.69) is 20.3 Å². The van der Waals surface area contributed by atoms with E-state index in [1.54, 1.807) is 18.3 Å². The van der Waals surface area contributed by atoms with Gasteiger partial charge in [0.15, 0.2) is 5.65 Å². The summed E-state index contributed by atoms with van der Waals surface area (Å²) in [6.07, 6.45) is 2.98. The minimum absolute atomic E-state index is 0.000482. The summed E-state index contributed by atoms with van der Waals surface area (Å²) < 4.78 is 27.1. The first-order valence-corrected chi connectivity index (χ1v) is 5.98. The zero-order valence-electron chi connectivity index (χ0n) is 10.3. The van der Waals surface area contributed by atoms with E-state index in [4.69, 9.17) is 0 Å². The van der Waals surface area contributed by atoms with Crippen LogP contribution in [0.15, 0.2) is 42.9 Å². The summed E-state index contributed by atoms with van der Waals surface area (Å²) in [7, 11) is 0. The molecule has 0 aliphatic rings. The van der Waals surface area contributed by atoms with Crippen LogP contribution in [0, 0.1) is 11.6 Å². The molecule has 0 bridgehead atoms. The molecule has 2 heterocycles. The lowest BCUT2D eigenvalue weighted by Crippen LogP contribution is -2.06. The van der Waals surface area contributed by atoms with E-state index in [1.165, 1.54) is 24.5 Å². The van der Waals surface area contributed by atoms with E-state index >= 15 is 0 Å². The lowest BCUT2D eigenvalue weighted by atomic mass is 10.2. The molecule has 0 aliphatic carbocycles. The van der Waals surface area contributed by atoms with Gasteiger partial charge >= 0.3 is 0 Å². The van der Waals surface area contributed by atoms with E-state index in [9.17, 15) is 8.78 Å². The second-order valence-electron chi connectivity index (χ2n) is 4.15. The van der Waals surface area contributed by atoms with Gasteiger partial charge in [-0.3, -0.25) is 0 Å². The average molecular weight is 272 g/mol. The number of pyridine rings is 1. The van der Waals surface area contributed by atoms with Gasteiger partial charge in [-0.15, -0.1) is 0 Å². The molecule has 0 fully saturated rings. The Morgan fingerprint density at radius 1 is 0.950 bits per heavy atom. The fraction of sp³-hybridized carbons (Fsp3) is 0.0714. The highest BCUT2D eigenvalue weighted by Crippen LogP contribution is 2.19. The molecular weight excluding hydrogens is 262 g/mol. The van der Waals surface area contributed by atoms with Crippen LogP contribution in [-0.4, -0.2) is 15.0 Å². The Labute approximate surface area is 113 Å². The summed E-state index contributed by atoms with van der Waals surface area (Å²) >= 11 is 0. The molecule has 0 radical (unpaired) electrons. The number of anilines is 1. The van der Waals surface area contributed by atoms with E-state index < -0.39 is 11.6 Å². The van der Waals surface area contributed by atoms with Crippen molar-refractivity contribution in [3.63, 3.8) is 0 Å². The van der Waals surface area contributed by atoms with Gasteiger partial charge in [-0.1, -0.05) is 6.07 Å². The molecule has 1 N–H and O–H groups in total. The number of aromatic nitrogens is 3. The first-order valence-electron chi connectivity index (χ1n) is 5.98. The standard InChI is InChI=1S/C14H10F2N4/c15-11-4-1-5-12(16)10(11)7-18-14-9-3-2-6-17-13(9)19-8-20-14/h1-6,8H,7H2,(H,17,18,19,20). The third-order valence-electron chi connectivity index (χ3n) is 2.90. The van der Waals surface area contributed by atoms with Crippen molar-refractivity contribution in [2.75, 3.05) is 5.32 Å². The van der Waals surface area contributed by atoms with Gasteiger partial charge in [0.1, 0.15) is 23.8 Å². The number of hydrogen-bond donors (Lipinski definition) is 1. The van der Waals surface area contributed by atoms with Crippen LogP contribution in [0.2, 0.25) is 0 Å². The van der Waals surface area contributed by atoms with Crippen molar-refractivity contribution in [2.45, 2.75) is 6.54 Å². The summed E-state index contributed by atoms with van der Waals surface area (Å²) in [5.41, 5.74) is 0.502. The largest absolute Gasteiger partial charge is 0.365 e. The zero-order chi connectivity index (χ0) is 13.9. The molecule has 3 aromatic rings. The molecule has 0 aliphatic heterocycles. The van der Waals surface area contributed by atoms with E-state index in [1.807, 2.05) is 0 Å². The Bertz CT molecular complexity index is 736. The van der Waals surface area contributed by atoms with Crippen LogP contribution in [0.25, 0.3) is 11.0 Å². The Kier molecular flexibility index (Phi) is 3.20. The number of halogens is 2. The summed E-state index contributed by atoms with van der Waals surface area (Å²) in [5, 5.41) is 3.62. The van der Waals surface area contributed by atoms with Crippen LogP contribution in [0.1, 0.15) is 5.56 Å².